The van der Waals surface area contributed by atoms with Crippen molar-refractivity contribution in [2.45, 2.75) is 18.9 Å². The zero-order valence-corrected chi connectivity index (χ0v) is 9.68. The van der Waals surface area contributed by atoms with Gasteiger partial charge in [0.1, 0.15) is 5.82 Å². The van der Waals surface area contributed by atoms with Crippen molar-refractivity contribution in [2.24, 2.45) is 0 Å². The molecule has 3 N–H and O–H groups in total. The minimum atomic E-state index is -0.0900. The molecular weight excluding hydrogens is 218 g/mol. The highest BCUT2D eigenvalue weighted by molar-refractivity contribution is 5.65. The molecule has 0 bridgehead atoms. The van der Waals surface area contributed by atoms with Crippen LogP contribution in [-0.4, -0.2) is 33.1 Å². The van der Waals surface area contributed by atoms with Crippen LogP contribution >= 0.6 is 0 Å². The molecule has 1 aliphatic rings. The number of hydrogen-bond acceptors (Lipinski definition) is 5. The molecular formula is C11H15N5O. The van der Waals surface area contributed by atoms with E-state index in [4.69, 9.17) is 10.5 Å². The number of aromatic nitrogens is 3. The Labute approximate surface area is 98.8 Å². The first-order valence-corrected chi connectivity index (χ1v) is 5.61. The van der Waals surface area contributed by atoms with Gasteiger partial charge >= 0.3 is 0 Å². The molecule has 1 unspecified atom stereocenters. The SMILES string of the molecule is CC1(Nc2nc(N)cn3ccnc23)CCOC1. The molecule has 2 aromatic heterocycles. The van der Waals surface area contributed by atoms with Gasteiger partial charge in [-0.1, -0.05) is 0 Å². The van der Waals surface area contributed by atoms with Crippen molar-refractivity contribution in [3.05, 3.63) is 18.6 Å². The van der Waals surface area contributed by atoms with Crippen LogP contribution < -0.4 is 11.1 Å². The van der Waals surface area contributed by atoms with Crippen LogP contribution in [0.1, 0.15) is 13.3 Å². The predicted molar refractivity (Wildman–Crippen MR) is 64.9 cm³/mol. The Bertz CT molecular complexity index is 544. The van der Waals surface area contributed by atoms with Crippen molar-refractivity contribution in [1.29, 1.82) is 0 Å². The van der Waals surface area contributed by atoms with Gasteiger partial charge in [0.05, 0.1) is 18.3 Å². The quantitative estimate of drug-likeness (QED) is 0.806. The molecule has 0 aliphatic carbocycles. The molecule has 0 aromatic carbocycles. The molecule has 1 fully saturated rings. The number of nitrogens with zero attached hydrogens (tertiary/aromatic N) is 3. The molecule has 0 spiro atoms. The molecule has 1 aliphatic heterocycles. The van der Waals surface area contributed by atoms with Crippen molar-refractivity contribution in [1.82, 2.24) is 14.4 Å². The monoisotopic (exact) mass is 233 g/mol. The summed E-state index contributed by atoms with van der Waals surface area (Å²) in [5.41, 5.74) is 6.46. The molecule has 2 aromatic rings. The van der Waals surface area contributed by atoms with Crippen LogP contribution in [0.25, 0.3) is 5.65 Å². The summed E-state index contributed by atoms with van der Waals surface area (Å²) in [5, 5.41) is 3.39. The third kappa shape index (κ3) is 1.80. The van der Waals surface area contributed by atoms with Gasteiger partial charge in [0.2, 0.25) is 0 Å². The van der Waals surface area contributed by atoms with Gasteiger partial charge in [-0.3, -0.25) is 0 Å². The molecule has 0 radical (unpaired) electrons. The number of hydrogen-bond donors (Lipinski definition) is 2. The average Bonchev–Trinajstić information content (AvgIpc) is 2.86. The summed E-state index contributed by atoms with van der Waals surface area (Å²) in [6.07, 6.45) is 6.29. The maximum absolute atomic E-state index is 5.77. The Balaban J connectivity index is 2.01. The zero-order valence-electron chi connectivity index (χ0n) is 9.68. The molecule has 3 heterocycles. The van der Waals surface area contributed by atoms with Crippen LogP contribution in [0.4, 0.5) is 11.6 Å². The first-order chi connectivity index (χ1) is 8.16. The zero-order chi connectivity index (χ0) is 11.9. The van der Waals surface area contributed by atoms with Crippen LogP contribution in [0, 0.1) is 0 Å². The highest BCUT2D eigenvalue weighted by atomic mass is 16.5. The van der Waals surface area contributed by atoms with E-state index in [1.807, 2.05) is 10.6 Å². The second kappa shape index (κ2) is 3.59. The van der Waals surface area contributed by atoms with Crippen molar-refractivity contribution in [2.75, 3.05) is 24.3 Å². The molecule has 1 atom stereocenters. The van der Waals surface area contributed by atoms with Crippen LogP contribution in [-0.2, 0) is 4.74 Å². The number of nitrogens with one attached hydrogen (secondary N) is 1. The number of imidazole rings is 1. The molecule has 3 rings (SSSR count). The third-order valence-corrected chi connectivity index (χ3v) is 3.03. The van der Waals surface area contributed by atoms with E-state index in [0.717, 1.165) is 18.7 Å². The van der Waals surface area contributed by atoms with Crippen LogP contribution in [0.3, 0.4) is 0 Å². The van der Waals surface area contributed by atoms with E-state index < -0.39 is 0 Å². The van der Waals surface area contributed by atoms with Crippen molar-refractivity contribution in [3.8, 4) is 0 Å². The van der Waals surface area contributed by atoms with Gasteiger partial charge in [0, 0.05) is 19.0 Å². The van der Waals surface area contributed by atoms with Gasteiger partial charge < -0.3 is 20.2 Å². The molecule has 1 saturated heterocycles. The van der Waals surface area contributed by atoms with E-state index in [-0.39, 0.29) is 5.54 Å². The van der Waals surface area contributed by atoms with Crippen LogP contribution in [0.2, 0.25) is 0 Å². The second-order valence-corrected chi connectivity index (χ2v) is 4.66. The van der Waals surface area contributed by atoms with Gasteiger partial charge in [-0.2, -0.15) is 0 Å². The van der Waals surface area contributed by atoms with E-state index in [9.17, 15) is 0 Å². The minimum absolute atomic E-state index is 0.0900. The first-order valence-electron chi connectivity index (χ1n) is 5.61. The van der Waals surface area contributed by atoms with E-state index in [1.54, 1.807) is 12.4 Å². The maximum Gasteiger partial charge on any atom is 0.180 e. The number of nitrogen functional groups attached to an aromatic ring is 1. The normalized spacial score (nSPS) is 24.3. The third-order valence-electron chi connectivity index (χ3n) is 3.03. The van der Waals surface area contributed by atoms with Crippen molar-refractivity contribution < 1.29 is 4.74 Å². The molecule has 6 heteroatoms. The summed E-state index contributed by atoms with van der Waals surface area (Å²) in [7, 11) is 0. The van der Waals surface area contributed by atoms with Gasteiger partial charge in [0.25, 0.3) is 0 Å². The summed E-state index contributed by atoms with van der Waals surface area (Å²) in [6.45, 7) is 3.57. The number of ether oxygens (including phenoxy) is 1. The molecule has 0 amide bonds. The lowest BCUT2D eigenvalue weighted by atomic mass is 10.0. The Morgan fingerprint density at radius 1 is 1.59 bits per heavy atom. The topological polar surface area (TPSA) is 77.5 Å². The highest BCUT2D eigenvalue weighted by Crippen LogP contribution is 2.25. The number of fused-ring (bicyclic) bond motifs is 1. The first kappa shape index (κ1) is 10.3. The Morgan fingerprint density at radius 2 is 2.47 bits per heavy atom. The van der Waals surface area contributed by atoms with E-state index >= 15 is 0 Å². The fraction of sp³-hybridized carbons (Fsp3) is 0.455. The van der Waals surface area contributed by atoms with Crippen molar-refractivity contribution in [3.63, 3.8) is 0 Å². The largest absolute Gasteiger partial charge is 0.382 e. The summed E-state index contributed by atoms with van der Waals surface area (Å²) in [5.74, 6) is 1.18. The lowest BCUT2D eigenvalue weighted by Crippen LogP contribution is -2.35. The fourth-order valence-corrected chi connectivity index (χ4v) is 2.09. The summed E-state index contributed by atoms with van der Waals surface area (Å²) in [6, 6.07) is 0. The van der Waals surface area contributed by atoms with Gasteiger partial charge in [-0.05, 0) is 13.3 Å². The number of anilines is 2. The summed E-state index contributed by atoms with van der Waals surface area (Å²) >= 11 is 0. The fourth-order valence-electron chi connectivity index (χ4n) is 2.09. The minimum Gasteiger partial charge on any atom is -0.382 e. The summed E-state index contributed by atoms with van der Waals surface area (Å²) in [4.78, 5) is 8.58. The average molecular weight is 233 g/mol. The standard InChI is InChI=1S/C11H15N5O/c1-11(2-5-17-7-11)15-9-10-13-3-4-16(10)6-8(12)14-9/h3-4,6H,2,5,7,12H2,1H3,(H,14,15). The molecule has 6 nitrogen and oxygen atoms in total. The molecule has 17 heavy (non-hydrogen) atoms. The van der Waals surface area contributed by atoms with E-state index in [2.05, 4.69) is 22.2 Å². The van der Waals surface area contributed by atoms with E-state index in [1.165, 1.54) is 0 Å². The Hall–Kier alpha value is -1.82. The maximum atomic E-state index is 5.77. The lowest BCUT2D eigenvalue weighted by Gasteiger charge is -2.24. The Kier molecular flexibility index (Phi) is 2.19. The van der Waals surface area contributed by atoms with E-state index in [0.29, 0.717) is 18.2 Å². The highest BCUT2D eigenvalue weighted by Gasteiger charge is 2.30. The van der Waals surface area contributed by atoms with Gasteiger partial charge in [0.15, 0.2) is 11.5 Å². The van der Waals surface area contributed by atoms with Crippen molar-refractivity contribution >= 4 is 17.3 Å². The van der Waals surface area contributed by atoms with Gasteiger partial charge in [-0.15, -0.1) is 0 Å². The predicted octanol–water partition coefficient (Wildman–Crippen LogP) is 0.902. The van der Waals surface area contributed by atoms with Crippen LogP contribution in [0.5, 0.6) is 0 Å². The molecule has 90 valence electrons. The summed E-state index contributed by atoms with van der Waals surface area (Å²) < 4.78 is 7.27. The Morgan fingerprint density at radius 3 is 3.24 bits per heavy atom. The van der Waals surface area contributed by atoms with Crippen LogP contribution in [0.15, 0.2) is 18.6 Å². The number of rotatable bonds is 2. The molecule has 0 saturated carbocycles. The number of nitrogens with two attached hydrogens (primary N) is 1. The lowest BCUT2D eigenvalue weighted by molar-refractivity contribution is 0.185. The second-order valence-electron chi connectivity index (χ2n) is 4.66. The van der Waals surface area contributed by atoms with Gasteiger partial charge in [-0.25, -0.2) is 9.97 Å². The smallest absolute Gasteiger partial charge is 0.180 e.